The summed E-state index contributed by atoms with van der Waals surface area (Å²) in [5, 5.41) is 16.0. The standard InChI is InChI=1S/C22H23N3O3S/c1-15-20(29-19(25-15)13-16-7-3-2-4-8-16)22(28)24-12-6-11-23-21(27)17-9-5-10-18(26)14-17/h2-5,7-10,14,26H,6,11-13H2,1H3,(H,23,27)(H,24,28). The third-order valence-electron chi connectivity index (χ3n) is 4.28. The number of aryl methyl sites for hydroxylation is 1. The fourth-order valence-corrected chi connectivity index (χ4v) is 3.85. The van der Waals surface area contributed by atoms with Crippen molar-refractivity contribution in [2.24, 2.45) is 0 Å². The number of rotatable bonds is 8. The smallest absolute Gasteiger partial charge is 0.263 e. The Labute approximate surface area is 173 Å². The molecule has 1 aromatic heterocycles. The lowest BCUT2D eigenvalue weighted by molar-refractivity contribution is 0.0952. The Morgan fingerprint density at radius 3 is 2.45 bits per heavy atom. The molecule has 0 saturated carbocycles. The Morgan fingerprint density at radius 1 is 1.00 bits per heavy atom. The van der Waals surface area contributed by atoms with Crippen LogP contribution in [0.3, 0.4) is 0 Å². The number of hydrogen-bond acceptors (Lipinski definition) is 5. The second kappa shape index (κ2) is 9.84. The minimum Gasteiger partial charge on any atom is -0.508 e. The molecule has 0 aliphatic carbocycles. The van der Waals surface area contributed by atoms with Gasteiger partial charge >= 0.3 is 0 Å². The van der Waals surface area contributed by atoms with E-state index in [0.717, 1.165) is 16.3 Å². The van der Waals surface area contributed by atoms with Crippen molar-refractivity contribution in [3.63, 3.8) is 0 Å². The van der Waals surface area contributed by atoms with Crippen molar-refractivity contribution in [3.8, 4) is 5.75 Å². The number of benzene rings is 2. The van der Waals surface area contributed by atoms with Gasteiger partial charge < -0.3 is 15.7 Å². The molecule has 0 saturated heterocycles. The molecule has 0 unspecified atom stereocenters. The summed E-state index contributed by atoms with van der Waals surface area (Å²) in [6.45, 7) is 2.72. The molecule has 0 bridgehead atoms. The maximum absolute atomic E-state index is 12.4. The molecule has 7 heteroatoms. The Hall–Kier alpha value is -3.19. The summed E-state index contributed by atoms with van der Waals surface area (Å²) in [6.07, 6.45) is 1.31. The SMILES string of the molecule is Cc1nc(Cc2ccccc2)sc1C(=O)NCCCNC(=O)c1cccc(O)c1. The van der Waals surface area contributed by atoms with E-state index in [4.69, 9.17) is 0 Å². The summed E-state index contributed by atoms with van der Waals surface area (Å²) < 4.78 is 0. The Morgan fingerprint density at radius 2 is 1.72 bits per heavy atom. The molecular weight excluding hydrogens is 386 g/mol. The Bertz CT molecular complexity index is 986. The summed E-state index contributed by atoms with van der Waals surface area (Å²) in [7, 11) is 0. The first-order chi connectivity index (χ1) is 14.0. The number of aromatic hydroxyl groups is 1. The fourth-order valence-electron chi connectivity index (χ4n) is 2.83. The highest BCUT2D eigenvalue weighted by molar-refractivity contribution is 7.13. The number of phenolic OH excluding ortho intramolecular Hbond substituents is 1. The molecule has 3 N–H and O–H groups in total. The number of carbonyl (C=O) groups is 2. The fraction of sp³-hybridized carbons (Fsp3) is 0.227. The van der Waals surface area contributed by atoms with Crippen LogP contribution in [-0.2, 0) is 6.42 Å². The van der Waals surface area contributed by atoms with Crippen LogP contribution in [0.25, 0.3) is 0 Å². The number of nitrogens with one attached hydrogen (secondary N) is 2. The third kappa shape index (κ3) is 5.89. The highest BCUT2D eigenvalue weighted by Crippen LogP contribution is 2.20. The van der Waals surface area contributed by atoms with Gasteiger partial charge in [-0.1, -0.05) is 36.4 Å². The normalized spacial score (nSPS) is 10.5. The van der Waals surface area contributed by atoms with Crippen molar-refractivity contribution in [2.75, 3.05) is 13.1 Å². The van der Waals surface area contributed by atoms with Gasteiger partial charge in [0.25, 0.3) is 11.8 Å². The first kappa shape index (κ1) is 20.5. The van der Waals surface area contributed by atoms with Crippen LogP contribution >= 0.6 is 11.3 Å². The number of thiazole rings is 1. The van der Waals surface area contributed by atoms with Gasteiger partial charge in [-0.05, 0) is 37.1 Å². The summed E-state index contributed by atoms with van der Waals surface area (Å²) in [4.78, 5) is 29.6. The Kier molecular flexibility index (Phi) is 6.97. The van der Waals surface area contributed by atoms with E-state index in [0.29, 0.717) is 36.4 Å². The largest absolute Gasteiger partial charge is 0.508 e. The van der Waals surface area contributed by atoms with E-state index in [1.807, 2.05) is 37.3 Å². The molecule has 2 aromatic carbocycles. The summed E-state index contributed by atoms with van der Waals surface area (Å²) in [5.74, 6) is -0.342. The van der Waals surface area contributed by atoms with E-state index in [1.54, 1.807) is 12.1 Å². The molecule has 6 nitrogen and oxygen atoms in total. The van der Waals surface area contributed by atoms with Crippen molar-refractivity contribution in [3.05, 3.63) is 81.3 Å². The van der Waals surface area contributed by atoms with Crippen LogP contribution in [-0.4, -0.2) is 35.0 Å². The molecule has 3 rings (SSSR count). The van der Waals surface area contributed by atoms with Gasteiger partial charge in [0.1, 0.15) is 10.6 Å². The number of phenols is 1. The van der Waals surface area contributed by atoms with Crippen LogP contribution in [0, 0.1) is 6.92 Å². The van der Waals surface area contributed by atoms with E-state index < -0.39 is 0 Å². The molecule has 3 aromatic rings. The van der Waals surface area contributed by atoms with Gasteiger partial charge in [0.2, 0.25) is 0 Å². The van der Waals surface area contributed by atoms with E-state index in [-0.39, 0.29) is 17.6 Å². The van der Waals surface area contributed by atoms with Crippen LogP contribution in [0.5, 0.6) is 5.75 Å². The number of aromatic nitrogens is 1. The molecular formula is C22H23N3O3S. The van der Waals surface area contributed by atoms with Gasteiger partial charge in [-0.2, -0.15) is 0 Å². The average molecular weight is 410 g/mol. The van der Waals surface area contributed by atoms with Crippen LogP contribution in [0.4, 0.5) is 0 Å². The lowest BCUT2D eigenvalue weighted by Crippen LogP contribution is -2.29. The molecule has 0 radical (unpaired) electrons. The maximum Gasteiger partial charge on any atom is 0.263 e. The van der Waals surface area contributed by atoms with Gasteiger partial charge in [0.15, 0.2) is 0 Å². The first-order valence-electron chi connectivity index (χ1n) is 9.38. The van der Waals surface area contributed by atoms with Crippen LogP contribution in [0.2, 0.25) is 0 Å². The third-order valence-corrected chi connectivity index (χ3v) is 5.43. The molecule has 0 aliphatic heterocycles. The minimum absolute atomic E-state index is 0.0523. The van der Waals surface area contributed by atoms with Gasteiger partial charge in [0, 0.05) is 25.1 Å². The number of hydrogen-bond donors (Lipinski definition) is 3. The quantitative estimate of drug-likeness (QED) is 0.498. The summed E-state index contributed by atoms with van der Waals surface area (Å²) in [5.41, 5.74) is 2.30. The van der Waals surface area contributed by atoms with Gasteiger partial charge in [0.05, 0.1) is 10.7 Å². The monoisotopic (exact) mass is 409 g/mol. The Balaban J connectivity index is 1.43. The van der Waals surface area contributed by atoms with Crippen molar-refractivity contribution in [1.82, 2.24) is 15.6 Å². The van der Waals surface area contributed by atoms with E-state index in [1.165, 1.54) is 23.5 Å². The zero-order chi connectivity index (χ0) is 20.6. The average Bonchev–Trinajstić information content (AvgIpc) is 3.08. The number of nitrogens with zero attached hydrogens (tertiary/aromatic N) is 1. The lowest BCUT2D eigenvalue weighted by Gasteiger charge is -2.07. The van der Waals surface area contributed by atoms with E-state index in [9.17, 15) is 14.7 Å². The van der Waals surface area contributed by atoms with Gasteiger partial charge in [-0.15, -0.1) is 11.3 Å². The second-order valence-corrected chi connectivity index (χ2v) is 7.68. The minimum atomic E-state index is -0.254. The summed E-state index contributed by atoms with van der Waals surface area (Å²) >= 11 is 1.41. The molecule has 1 heterocycles. The second-order valence-electron chi connectivity index (χ2n) is 6.60. The predicted molar refractivity (Wildman–Crippen MR) is 113 cm³/mol. The molecule has 0 atom stereocenters. The highest BCUT2D eigenvalue weighted by atomic mass is 32.1. The zero-order valence-electron chi connectivity index (χ0n) is 16.1. The number of carbonyl (C=O) groups excluding carboxylic acids is 2. The first-order valence-corrected chi connectivity index (χ1v) is 10.2. The van der Waals surface area contributed by atoms with Crippen LogP contribution < -0.4 is 10.6 Å². The van der Waals surface area contributed by atoms with Crippen molar-refractivity contribution in [1.29, 1.82) is 0 Å². The molecule has 29 heavy (non-hydrogen) atoms. The van der Waals surface area contributed by atoms with Crippen LogP contribution in [0.1, 0.15) is 42.7 Å². The van der Waals surface area contributed by atoms with Crippen molar-refractivity contribution in [2.45, 2.75) is 19.8 Å². The summed E-state index contributed by atoms with van der Waals surface area (Å²) in [6, 6.07) is 16.2. The van der Waals surface area contributed by atoms with Crippen molar-refractivity contribution < 1.29 is 14.7 Å². The van der Waals surface area contributed by atoms with Crippen molar-refractivity contribution >= 4 is 23.2 Å². The molecule has 150 valence electrons. The maximum atomic E-state index is 12.4. The van der Waals surface area contributed by atoms with Crippen LogP contribution in [0.15, 0.2) is 54.6 Å². The van der Waals surface area contributed by atoms with E-state index >= 15 is 0 Å². The molecule has 2 amide bonds. The molecule has 0 aliphatic rings. The lowest BCUT2D eigenvalue weighted by atomic mass is 10.2. The predicted octanol–water partition coefficient (Wildman–Crippen LogP) is 3.30. The van der Waals surface area contributed by atoms with Gasteiger partial charge in [-0.3, -0.25) is 9.59 Å². The zero-order valence-corrected chi connectivity index (χ0v) is 17.0. The highest BCUT2D eigenvalue weighted by Gasteiger charge is 2.15. The van der Waals surface area contributed by atoms with Gasteiger partial charge in [-0.25, -0.2) is 4.98 Å². The topological polar surface area (TPSA) is 91.3 Å². The molecule has 0 spiro atoms. The molecule has 0 fully saturated rings. The number of amides is 2. The van der Waals surface area contributed by atoms with E-state index in [2.05, 4.69) is 15.6 Å².